The molecule has 0 amide bonds. The fraction of sp³-hybridized carbons (Fsp3) is 0.500. The van der Waals surface area contributed by atoms with Gasteiger partial charge in [-0.05, 0) is 44.5 Å². The molecule has 1 aromatic carbocycles. The van der Waals surface area contributed by atoms with Crippen LogP contribution in [0.25, 0.3) is 0 Å². The van der Waals surface area contributed by atoms with E-state index in [4.69, 9.17) is 5.14 Å². The summed E-state index contributed by atoms with van der Waals surface area (Å²) in [4.78, 5) is 0. The van der Waals surface area contributed by atoms with Crippen LogP contribution in [-0.2, 0) is 10.0 Å². The van der Waals surface area contributed by atoms with Crippen molar-refractivity contribution in [1.82, 2.24) is 5.32 Å². The number of halogens is 2. The summed E-state index contributed by atoms with van der Waals surface area (Å²) in [5.41, 5.74) is 0.474. The van der Waals surface area contributed by atoms with Crippen LogP contribution in [-0.4, -0.2) is 20.7 Å². The summed E-state index contributed by atoms with van der Waals surface area (Å²) in [6, 6.07) is 1.89. The van der Waals surface area contributed by atoms with Crippen molar-refractivity contribution in [1.29, 1.82) is 0 Å². The van der Waals surface area contributed by atoms with E-state index in [0.29, 0.717) is 13.0 Å². The van der Waals surface area contributed by atoms with Crippen LogP contribution in [0.3, 0.4) is 0 Å². The highest BCUT2D eigenvalue weighted by atomic mass is 32.2. The van der Waals surface area contributed by atoms with E-state index in [0.717, 1.165) is 12.1 Å². The van der Waals surface area contributed by atoms with E-state index in [1.165, 1.54) is 6.92 Å². The number of nitrogens with one attached hydrogen (secondary N) is 1. The molecule has 1 aromatic rings. The molecule has 0 saturated carbocycles. The Balaban J connectivity index is 2.59. The molecule has 19 heavy (non-hydrogen) atoms. The van der Waals surface area contributed by atoms with Crippen molar-refractivity contribution in [3.8, 4) is 0 Å². The second kappa shape index (κ2) is 6.40. The average Bonchev–Trinajstić information content (AvgIpc) is 2.28. The van der Waals surface area contributed by atoms with E-state index in [2.05, 4.69) is 5.32 Å². The standard InChI is InChI=1S/C12H18F2N2O2S/c1-8-6-12(14)10(7-11(8)13)9(2)16-4-3-5-19(15,17)18/h6-7,9,16H,3-5H2,1-2H3,(H2,15,17,18). The molecule has 0 bridgehead atoms. The van der Waals surface area contributed by atoms with E-state index >= 15 is 0 Å². The van der Waals surface area contributed by atoms with Gasteiger partial charge in [0.15, 0.2) is 0 Å². The third-order valence-corrected chi connectivity index (χ3v) is 3.66. The largest absolute Gasteiger partial charge is 0.310 e. The van der Waals surface area contributed by atoms with E-state index < -0.39 is 27.7 Å². The number of aryl methyl sites for hydroxylation is 1. The second-order valence-corrected chi connectivity index (χ2v) is 6.25. The SMILES string of the molecule is Cc1cc(F)c(C(C)NCCCS(N)(=O)=O)cc1F. The number of nitrogens with two attached hydrogens (primary N) is 1. The van der Waals surface area contributed by atoms with Crippen LogP contribution in [0.4, 0.5) is 8.78 Å². The summed E-state index contributed by atoms with van der Waals surface area (Å²) in [5.74, 6) is -1.09. The summed E-state index contributed by atoms with van der Waals surface area (Å²) in [6.45, 7) is 3.53. The normalized spacial score (nSPS) is 13.5. The molecule has 1 unspecified atom stereocenters. The van der Waals surface area contributed by atoms with Gasteiger partial charge in [-0.1, -0.05) is 0 Å². The molecule has 1 rings (SSSR count). The van der Waals surface area contributed by atoms with Gasteiger partial charge in [-0.15, -0.1) is 0 Å². The van der Waals surface area contributed by atoms with Crippen LogP contribution >= 0.6 is 0 Å². The van der Waals surface area contributed by atoms with Crippen molar-refractivity contribution in [2.75, 3.05) is 12.3 Å². The predicted octanol–water partition coefficient (Wildman–Crippen LogP) is 1.60. The Morgan fingerprint density at radius 2 is 1.95 bits per heavy atom. The highest BCUT2D eigenvalue weighted by molar-refractivity contribution is 7.89. The Morgan fingerprint density at radius 1 is 1.32 bits per heavy atom. The monoisotopic (exact) mass is 292 g/mol. The Kier molecular flexibility index (Phi) is 5.39. The van der Waals surface area contributed by atoms with Gasteiger partial charge < -0.3 is 5.32 Å². The highest BCUT2D eigenvalue weighted by Crippen LogP contribution is 2.20. The predicted molar refractivity (Wildman–Crippen MR) is 70.1 cm³/mol. The Bertz CT molecular complexity index is 547. The minimum Gasteiger partial charge on any atom is -0.310 e. The Labute approximate surface area is 112 Å². The molecule has 0 aromatic heterocycles. The van der Waals surface area contributed by atoms with Gasteiger partial charge in [-0.2, -0.15) is 0 Å². The van der Waals surface area contributed by atoms with Crippen LogP contribution in [0, 0.1) is 18.6 Å². The van der Waals surface area contributed by atoms with E-state index in [1.807, 2.05) is 0 Å². The van der Waals surface area contributed by atoms with E-state index in [9.17, 15) is 17.2 Å². The van der Waals surface area contributed by atoms with Gasteiger partial charge in [0, 0.05) is 11.6 Å². The summed E-state index contributed by atoms with van der Waals surface area (Å²) in [5, 5.41) is 7.79. The number of hydrogen-bond acceptors (Lipinski definition) is 3. The number of hydrogen-bond donors (Lipinski definition) is 2. The summed E-state index contributed by atoms with van der Waals surface area (Å²) in [6.07, 6.45) is 0.319. The van der Waals surface area contributed by atoms with Crippen LogP contribution in [0.2, 0.25) is 0 Å². The van der Waals surface area contributed by atoms with Crippen LogP contribution in [0.1, 0.15) is 30.5 Å². The van der Waals surface area contributed by atoms with Gasteiger partial charge in [0.2, 0.25) is 10.0 Å². The molecule has 4 nitrogen and oxygen atoms in total. The van der Waals surface area contributed by atoms with Gasteiger partial charge >= 0.3 is 0 Å². The summed E-state index contributed by atoms with van der Waals surface area (Å²) < 4.78 is 48.5. The van der Waals surface area contributed by atoms with E-state index in [-0.39, 0.29) is 16.9 Å². The fourth-order valence-corrected chi connectivity index (χ4v) is 2.24. The van der Waals surface area contributed by atoms with Crippen molar-refractivity contribution in [3.63, 3.8) is 0 Å². The smallest absolute Gasteiger partial charge is 0.209 e. The Hall–Kier alpha value is -1.05. The van der Waals surface area contributed by atoms with Crippen molar-refractivity contribution in [3.05, 3.63) is 34.9 Å². The lowest BCUT2D eigenvalue weighted by molar-refractivity contribution is 0.514. The van der Waals surface area contributed by atoms with Crippen LogP contribution in [0.5, 0.6) is 0 Å². The molecule has 0 saturated heterocycles. The zero-order valence-corrected chi connectivity index (χ0v) is 11.7. The maximum atomic E-state index is 13.7. The Morgan fingerprint density at radius 3 is 2.53 bits per heavy atom. The topological polar surface area (TPSA) is 72.2 Å². The lowest BCUT2D eigenvalue weighted by Crippen LogP contribution is -2.25. The first-order valence-electron chi connectivity index (χ1n) is 5.90. The van der Waals surface area contributed by atoms with Gasteiger partial charge in [0.1, 0.15) is 11.6 Å². The lowest BCUT2D eigenvalue weighted by atomic mass is 10.0. The fourth-order valence-electron chi connectivity index (χ4n) is 1.70. The molecule has 3 N–H and O–H groups in total. The van der Waals surface area contributed by atoms with Gasteiger partial charge in [0.25, 0.3) is 0 Å². The van der Waals surface area contributed by atoms with Crippen molar-refractivity contribution < 1.29 is 17.2 Å². The average molecular weight is 292 g/mol. The van der Waals surface area contributed by atoms with Gasteiger partial charge in [0.05, 0.1) is 5.75 Å². The molecule has 0 aliphatic carbocycles. The maximum Gasteiger partial charge on any atom is 0.209 e. The number of rotatable bonds is 6. The molecule has 1 atom stereocenters. The second-order valence-electron chi connectivity index (χ2n) is 4.52. The number of sulfonamides is 1. The first-order chi connectivity index (χ1) is 8.70. The molecule has 0 aliphatic rings. The quantitative estimate of drug-likeness (QED) is 0.782. The number of benzene rings is 1. The van der Waals surface area contributed by atoms with E-state index in [1.54, 1.807) is 6.92 Å². The zero-order valence-electron chi connectivity index (χ0n) is 10.9. The minimum atomic E-state index is -3.48. The highest BCUT2D eigenvalue weighted by Gasteiger charge is 2.13. The third-order valence-electron chi connectivity index (χ3n) is 2.80. The van der Waals surface area contributed by atoms with Crippen molar-refractivity contribution in [2.45, 2.75) is 26.3 Å². The molecule has 0 radical (unpaired) electrons. The summed E-state index contributed by atoms with van der Waals surface area (Å²) >= 11 is 0. The molecule has 0 aliphatic heterocycles. The molecule has 0 spiro atoms. The van der Waals surface area contributed by atoms with Crippen molar-refractivity contribution >= 4 is 10.0 Å². The molecule has 108 valence electrons. The first kappa shape index (κ1) is 16.0. The van der Waals surface area contributed by atoms with Gasteiger partial charge in [-0.25, -0.2) is 22.3 Å². The molecule has 0 heterocycles. The zero-order chi connectivity index (χ0) is 14.6. The molecule has 7 heteroatoms. The maximum absolute atomic E-state index is 13.7. The molecular weight excluding hydrogens is 274 g/mol. The third kappa shape index (κ3) is 5.22. The molecular formula is C12H18F2N2O2S. The lowest BCUT2D eigenvalue weighted by Gasteiger charge is -2.15. The summed E-state index contributed by atoms with van der Waals surface area (Å²) in [7, 11) is -3.48. The van der Waals surface area contributed by atoms with Crippen LogP contribution in [0.15, 0.2) is 12.1 Å². The van der Waals surface area contributed by atoms with Crippen LogP contribution < -0.4 is 10.5 Å². The van der Waals surface area contributed by atoms with Crippen molar-refractivity contribution in [2.24, 2.45) is 5.14 Å². The van der Waals surface area contributed by atoms with Gasteiger partial charge in [-0.3, -0.25) is 0 Å². The minimum absolute atomic E-state index is 0.141. The number of primary sulfonamides is 1. The first-order valence-corrected chi connectivity index (χ1v) is 7.61. The molecule has 0 fully saturated rings.